The molecule has 0 fully saturated rings. The SMILES string of the molecule is CCC(CC)CC(O)c1ccc(F)c(C)c1. The Morgan fingerprint density at radius 3 is 2.38 bits per heavy atom. The van der Waals surface area contributed by atoms with Crippen LogP contribution >= 0.6 is 0 Å². The van der Waals surface area contributed by atoms with Crippen molar-refractivity contribution in [1.29, 1.82) is 0 Å². The maximum atomic E-state index is 13.1. The van der Waals surface area contributed by atoms with E-state index in [1.54, 1.807) is 19.1 Å². The molecule has 0 bridgehead atoms. The fourth-order valence-electron chi connectivity index (χ4n) is 1.95. The Morgan fingerprint density at radius 1 is 1.25 bits per heavy atom. The van der Waals surface area contributed by atoms with Crippen molar-refractivity contribution in [2.45, 2.75) is 46.1 Å². The molecule has 1 atom stereocenters. The molecule has 0 aliphatic carbocycles. The van der Waals surface area contributed by atoms with Crippen molar-refractivity contribution in [2.75, 3.05) is 0 Å². The largest absolute Gasteiger partial charge is 0.388 e. The Morgan fingerprint density at radius 2 is 1.88 bits per heavy atom. The Labute approximate surface area is 97.3 Å². The van der Waals surface area contributed by atoms with Gasteiger partial charge < -0.3 is 5.11 Å². The van der Waals surface area contributed by atoms with Gasteiger partial charge in [0.1, 0.15) is 5.82 Å². The van der Waals surface area contributed by atoms with Crippen LogP contribution in [0.5, 0.6) is 0 Å². The molecule has 1 unspecified atom stereocenters. The highest BCUT2D eigenvalue weighted by Crippen LogP contribution is 2.26. The van der Waals surface area contributed by atoms with E-state index in [2.05, 4.69) is 13.8 Å². The van der Waals surface area contributed by atoms with Gasteiger partial charge in [0, 0.05) is 0 Å². The molecule has 90 valence electrons. The van der Waals surface area contributed by atoms with E-state index in [-0.39, 0.29) is 5.82 Å². The minimum atomic E-state index is -0.468. The molecule has 0 aromatic heterocycles. The molecule has 16 heavy (non-hydrogen) atoms. The van der Waals surface area contributed by atoms with Crippen LogP contribution in [0.2, 0.25) is 0 Å². The first-order valence-corrected chi connectivity index (χ1v) is 6.02. The van der Waals surface area contributed by atoms with Gasteiger partial charge in [0.25, 0.3) is 0 Å². The molecule has 0 spiro atoms. The number of aryl methyl sites for hydroxylation is 1. The molecule has 1 aromatic rings. The standard InChI is InChI=1S/C14H21FO/c1-4-11(5-2)9-14(16)12-6-7-13(15)10(3)8-12/h6-8,11,14,16H,4-5,9H2,1-3H3. The minimum Gasteiger partial charge on any atom is -0.388 e. The van der Waals surface area contributed by atoms with Crippen LogP contribution in [0.4, 0.5) is 4.39 Å². The van der Waals surface area contributed by atoms with Gasteiger partial charge in [-0.25, -0.2) is 4.39 Å². The second kappa shape index (κ2) is 6.00. The molecule has 1 nitrogen and oxygen atoms in total. The molecular formula is C14H21FO. The van der Waals surface area contributed by atoms with Gasteiger partial charge in [0.15, 0.2) is 0 Å². The van der Waals surface area contributed by atoms with Gasteiger partial charge in [-0.15, -0.1) is 0 Å². The van der Waals surface area contributed by atoms with Crippen molar-refractivity contribution >= 4 is 0 Å². The van der Waals surface area contributed by atoms with E-state index in [4.69, 9.17) is 0 Å². The number of hydrogen-bond acceptors (Lipinski definition) is 1. The van der Waals surface area contributed by atoms with Gasteiger partial charge in [-0.3, -0.25) is 0 Å². The first kappa shape index (κ1) is 13.2. The zero-order chi connectivity index (χ0) is 12.1. The summed E-state index contributed by atoms with van der Waals surface area (Å²) in [5.74, 6) is 0.332. The van der Waals surface area contributed by atoms with E-state index in [9.17, 15) is 9.50 Å². The summed E-state index contributed by atoms with van der Waals surface area (Å²) in [7, 11) is 0. The zero-order valence-electron chi connectivity index (χ0n) is 10.3. The molecule has 0 aliphatic rings. The number of benzene rings is 1. The Bertz CT molecular complexity index is 332. The molecule has 0 saturated heterocycles. The summed E-state index contributed by atoms with van der Waals surface area (Å²) in [4.78, 5) is 0. The van der Waals surface area contributed by atoms with Gasteiger partial charge in [-0.05, 0) is 36.5 Å². The lowest BCUT2D eigenvalue weighted by Crippen LogP contribution is -2.06. The number of aliphatic hydroxyl groups is 1. The highest BCUT2D eigenvalue weighted by molar-refractivity contribution is 5.25. The summed E-state index contributed by atoms with van der Waals surface area (Å²) in [6.45, 7) is 6.00. The third-order valence-corrected chi connectivity index (χ3v) is 3.28. The quantitative estimate of drug-likeness (QED) is 0.801. The topological polar surface area (TPSA) is 20.2 Å². The van der Waals surface area contributed by atoms with Gasteiger partial charge in [-0.2, -0.15) is 0 Å². The molecule has 2 heteroatoms. The predicted octanol–water partition coefficient (Wildman–Crippen LogP) is 3.99. The lowest BCUT2D eigenvalue weighted by atomic mass is 9.92. The number of hydrogen-bond donors (Lipinski definition) is 1. The Balaban J connectivity index is 2.72. The van der Waals surface area contributed by atoms with Gasteiger partial charge in [-0.1, -0.05) is 38.8 Å². The number of halogens is 1. The van der Waals surface area contributed by atoms with Crippen LogP contribution in [0.3, 0.4) is 0 Å². The van der Waals surface area contributed by atoms with Gasteiger partial charge >= 0.3 is 0 Å². The van der Waals surface area contributed by atoms with E-state index >= 15 is 0 Å². The highest BCUT2D eigenvalue weighted by Gasteiger charge is 2.14. The van der Waals surface area contributed by atoms with Gasteiger partial charge in [0.2, 0.25) is 0 Å². The van der Waals surface area contributed by atoms with Crippen molar-refractivity contribution in [2.24, 2.45) is 5.92 Å². The van der Waals surface area contributed by atoms with Crippen molar-refractivity contribution in [3.05, 3.63) is 35.1 Å². The molecule has 0 amide bonds. The summed E-state index contributed by atoms with van der Waals surface area (Å²) >= 11 is 0. The first-order chi connectivity index (χ1) is 7.58. The van der Waals surface area contributed by atoms with Crippen molar-refractivity contribution in [1.82, 2.24) is 0 Å². The average Bonchev–Trinajstić information content (AvgIpc) is 2.29. The smallest absolute Gasteiger partial charge is 0.126 e. The van der Waals surface area contributed by atoms with Crippen LogP contribution in [-0.2, 0) is 0 Å². The second-order valence-electron chi connectivity index (χ2n) is 4.44. The Hall–Kier alpha value is -0.890. The van der Waals surface area contributed by atoms with E-state index in [1.807, 2.05) is 0 Å². The minimum absolute atomic E-state index is 0.210. The normalized spacial score (nSPS) is 13.1. The molecule has 1 N–H and O–H groups in total. The maximum absolute atomic E-state index is 13.1. The van der Waals surface area contributed by atoms with E-state index in [0.29, 0.717) is 11.5 Å². The van der Waals surface area contributed by atoms with E-state index in [0.717, 1.165) is 24.8 Å². The monoisotopic (exact) mass is 224 g/mol. The summed E-state index contributed by atoms with van der Waals surface area (Å²) in [6, 6.07) is 4.85. The van der Waals surface area contributed by atoms with Crippen LogP contribution in [0, 0.1) is 18.7 Å². The third kappa shape index (κ3) is 3.31. The van der Waals surface area contributed by atoms with Crippen LogP contribution in [-0.4, -0.2) is 5.11 Å². The molecule has 1 rings (SSSR count). The fraction of sp³-hybridized carbons (Fsp3) is 0.571. The lowest BCUT2D eigenvalue weighted by molar-refractivity contribution is 0.141. The summed E-state index contributed by atoms with van der Waals surface area (Å²) in [5, 5.41) is 10.0. The molecule has 1 aromatic carbocycles. The Kier molecular flexibility index (Phi) is 4.94. The van der Waals surface area contributed by atoms with Gasteiger partial charge in [0.05, 0.1) is 6.10 Å². The second-order valence-corrected chi connectivity index (χ2v) is 4.44. The van der Waals surface area contributed by atoms with Crippen molar-refractivity contribution in [3.63, 3.8) is 0 Å². The molecule has 0 radical (unpaired) electrons. The van der Waals surface area contributed by atoms with Crippen molar-refractivity contribution < 1.29 is 9.50 Å². The first-order valence-electron chi connectivity index (χ1n) is 6.02. The van der Waals surface area contributed by atoms with Crippen LogP contribution in [0.15, 0.2) is 18.2 Å². The third-order valence-electron chi connectivity index (χ3n) is 3.28. The maximum Gasteiger partial charge on any atom is 0.126 e. The molecule has 0 aliphatic heterocycles. The van der Waals surface area contributed by atoms with Crippen LogP contribution in [0.25, 0.3) is 0 Å². The molecule has 0 saturated carbocycles. The number of aliphatic hydroxyl groups excluding tert-OH is 1. The summed E-state index contributed by atoms with van der Waals surface area (Å²) in [6.07, 6.45) is 2.45. The summed E-state index contributed by atoms with van der Waals surface area (Å²) < 4.78 is 13.1. The lowest BCUT2D eigenvalue weighted by Gasteiger charge is -2.18. The average molecular weight is 224 g/mol. The zero-order valence-corrected chi connectivity index (χ0v) is 10.3. The highest BCUT2D eigenvalue weighted by atomic mass is 19.1. The van der Waals surface area contributed by atoms with E-state index in [1.165, 1.54) is 6.07 Å². The summed E-state index contributed by atoms with van der Waals surface area (Å²) in [5.41, 5.74) is 1.42. The number of rotatable bonds is 5. The molecule has 0 heterocycles. The van der Waals surface area contributed by atoms with Crippen molar-refractivity contribution in [3.8, 4) is 0 Å². The van der Waals surface area contributed by atoms with Crippen LogP contribution < -0.4 is 0 Å². The van der Waals surface area contributed by atoms with Crippen LogP contribution in [0.1, 0.15) is 50.3 Å². The van der Waals surface area contributed by atoms with E-state index < -0.39 is 6.10 Å². The molecular weight excluding hydrogens is 203 g/mol. The predicted molar refractivity (Wildman–Crippen MR) is 64.8 cm³/mol. The fourth-order valence-corrected chi connectivity index (χ4v) is 1.95.